The quantitative estimate of drug-likeness (QED) is 0.577. The molecule has 2 amide bonds. The number of benzene rings is 1. The van der Waals surface area contributed by atoms with Crippen LogP contribution in [-0.2, 0) is 19.1 Å². The van der Waals surface area contributed by atoms with Crippen LogP contribution >= 0.6 is 0 Å². The highest BCUT2D eigenvalue weighted by atomic mass is 16.5. The van der Waals surface area contributed by atoms with Crippen molar-refractivity contribution in [2.75, 3.05) is 27.9 Å². The molecule has 1 aliphatic rings. The molecule has 2 N–H and O–H groups in total. The van der Waals surface area contributed by atoms with Crippen molar-refractivity contribution in [3.63, 3.8) is 0 Å². The first-order valence-corrected chi connectivity index (χ1v) is 9.84. The van der Waals surface area contributed by atoms with Crippen LogP contribution < -0.4 is 20.1 Å². The zero-order valence-electron chi connectivity index (χ0n) is 17.3. The summed E-state index contributed by atoms with van der Waals surface area (Å²) in [7, 11) is 4.35. The van der Waals surface area contributed by atoms with Crippen molar-refractivity contribution >= 4 is 17.8 Å². The normalized spacial score (nSPS) is 14.7. The van der Waals surface area contributed by atoms with Crippen LogP contribution in [-0.4, -0.2) is 45.7 Å². The Bertz CT molecular complexity index is 715. The molecule has 0 saturated heterocycles. The predicted octanol–water partition coefficient (Wildman–Crippen LogP) is 2.12. The van der Waals surface area contributed by atoms with E-state index in [9.17, 15) is 14.4 Å². The molecule has 0 spiro atoms. The van der Waals surface area contributed by atoms with Crippen LogP contribution in [0.25, 0.3) is 0 Å². The molecule has 0 aliphatic heterocycles. The molecule has 1 aromatic rings. The van der Waals surface area contributed by atoms with Crippen molar-refractivity contribution < 1.29 is 28.6 Å². The third-order valence-corrected chi connectivity index (χ3v) is 5.12. The first-order chi connectivity index (χ1) is 14.0. The minimum Gasteiger partial charge on any atom is -0.493 e. The fourth-order valence-electron chi connectivity index (χ4n) is 3.47. The number of amides is 2. The predicted molar refractivity (Wildman–Crippen MR) is 107 cm³/mol. The molecule has 1 unspecified atom stereocenters. The zero-order valence-corrected chi connectivity index (χ0v) is 17.3. The van der Waals surface area contributed by atoms with Gasteiger partial charge in [0.1, 0.15) is 0 Å². The van der Waals surface area contributed by atoms with Gasteiger partial charge in [0.2, 0.25) is 11.8 Å². The lowest BCUT2D eigenvalue weighted by Gasteiger charge is -2.20. The molecule has 160 valence electrons. The molecular formula is C21H30N2O6. The van der Waals surface area contributed by atoms with E-state index in [0.717, 1.165) is 25.7 Å². The molecule has 8 heteroatoms. The lowest BCUT2D eigenvalue weighted by Crippen LogP contribution is -2.35. The van der Waals surface area contributed by atoms with E-state index in [1.807, 2.05) is 0 Å². The van der Waals surface area contributed by atoms with Gasteiger partial charge in [0.05, 0.1) is 33.8 Å². The molecule has 0 aromatic heterocycles. The minimum absolute atomic E-state index is 0.0151. The Morgan fingerprint density at radius 1 is 1.07 bits per heavy atom. The van der Waals surface area contributed by atoms with Crippen molar-refractivity contribution in [1.82, 2.24) is 10.6 Å². The number of esters is 1. The zero-order chi connectivity index (χ0) is 21.2. The van der Waals surface area contributed by atoms with Crippen LogP contribution in [0.2, 0.25) is 0 Å². The van der Waals surface area contributed by atoms with E-state index >= 15 is 0 Å². The second-order valence-corrected chi connectivity index (χ2v) is 7.04. The van der Waals surface area contributed by atoms with Crippen molar-refractivity contribution in [1.29, 1.82) is 0 Å². The van der Waals surface area contributed by atoms with Crippen molar-refractivity contribution in [3.05, 3.63) is 23.8 Å². The average Bonchev–Trinajstić information content (AvgIpc) is 3.27. The number of nitrogens with one attached hydrogen (secondary N) is 2. The molecule has 29 heavy (non-hydrogen) atoms. The molecular weight excluding hydrogens is 376 g/mol. The summed E-state index contributed by atoms with van der Waals surface area (Å²) in [6.45, 7) is 0.262. The largest absolute Gasteiger partial charge is 0.493 e. The van der Waals surface area contributed by atoms with Gasteiger partial charge in [0.15, 0.2) is 11.5 Å². The Hall–Kier alpha value is -2.77. The first-order valence-electron chi connectivity index (χ1n) is 9.84. The van der Waals surface area contributed by atoms with Gasteiger partial charge in [0.25, 0.3) is 0 Å². The number of methoxy groups -OCH3 is 3. The molecule has 2 rings (SSSR count). The van der Waals surface area contributed by atoms with Gasteiger partial charge in [0, 0.05) is 18.9 Å². The van der Waals surface area contributed by atoms with E-state index in [1.165, 1.54) is 21.3 Å². The van der Waals surface area contributed by atoms with Gasteiger partial charge in [-0.1, -0.05) is 18.9 Å². The van der Waals surface area contributed by atoms with E-state index in [-0.39, 0.29) is 37.1 Å². The van der Waals surface area contributed by atoms with E-state index in [4.69, 9.17) is 14.2 Å². The third kappa shape index (κ3) is 6.66. The minimum atomic E-state index is -0.583. The Morgan fingerprint density at radius 3 is 2.38 bits per heavy atom. The monoisotopic (exact) mass is 406 g/mol. The second kappa shape index (κ2) is 11.3. The third-order valence-electron chi connectivity index (χ3n) is 5.12. The van der Waals surface area contributed by atoms with Gasteiger partial charge in [-0.3, -0.25) is 14.4 Å². The lowest BCUT2D eigenvalue weighted by atomic mass is 10.0. The number of ether oxygens (including phenoxy) is 3. The summed E-state index contributed by atoms with van der Waals surface area (Å²) in [4.78, 5) is 36.3. The van der Waals surface area contributed by atoms with Crippen LogP contribution in [0.3, 0.4) is 0 Å². The smallest absolute Gasteiger partial charge is 0.307 e. The fourth-order valence-corrected chi connectivity index (χ4v) is 3.47. The number of hydrogen-bond donors (Lipinski definition) is 2. The van der Waals surface area contributed by atoms with E-state index < -0.39 is 12.0 Å². The first kappa shape index (κ1) is 22.5. The van der Waals surface area contributed by atoms with Crippen molar-refractivity contribution in [3.8, 4) is 11.5 Å². The fraction of sp³-hybridized carbons (Fsp3) is 0.571. The van der Waals surface area contributed by atoms with Crippen LogP contribution in [0.15, 0.2) is 18.2 Å². The summed E-state index contributed by atoms with van der Waals surface area (Å²) < 4.78 is 15.3. The molecule has 1 aliphatic carbocycles. The van der Waals surface area contributed by atoms with E-state index in [2.05, 4.69) is 10.6 Å². The Labute approximate surface area is 171 Å². The number of hydrogen-bond acceptors (Lipinski definition) is 6. The Kier molecular flexibility index (Phi) is 8.76. The number of carbonyl (C=O) groups is 3. The maximum atomic E-state index is 12.4. The van der Waals surface area contributed by atoms with Crippen LogP contribution in [0.4, 0.5) is 0 Å². The lowest BCUT2D eigenvalue weighted by molar-refractivity contribution is -0.141. The standard InChI is InChI=1S/C21H30N2O6/c1-27-17-9-8-15(12-18(17)28-2)16(13-20(25)29-3)23-19(24)10-11-22-21(26)14-6-4-5-7-14/h8-9,12,14,16H,4-7,10-11,13H2,1-3H3,(H,22,26)(H,23,24). The Balaban J connectivity index is 1.97. The molecule has 1 saturated carbocycles. The van der Waals surface area contributed by atoms with Gasteiger partial charge < -0.3 is 24.8 Å². The van der Waals surface area contributed by atoms with Crippen molar-refractivity contribution in [2.45, 2.75) is 44.6 Å². The molecule has 0 heterocycles. The molecule has 0 bridgehead atoms. The van der Waals surface area contributed by atoms with Gasteiger partial charge in [-0.15, -0.1) is 0 Å². The number of rotatable bonds is 10. The summed E-state index contributed by atoms with van der Waals surface area (Å²) in [6, 6.07) is 4.61. The van der Waals surface area contributed by atoms with Gasteiger partial charge in [-0.05, 0) is 30.5 Å². The molecule has 0 radical (unpaired) electrons. The van der Waals surface area contributed by atoms with Crippen molar-refractivity contribution in [2.24, 2.45) is 5.92 Å². The number of carbonyl (C=O) groups excluding carboxylic acids is 3. The summed E-state index contributed by atoms with van der Waals surface area (Å²) in [6.07, 6.45) is 4.10. The van der Waals surface area contributed by atoms with Crippen LogP contribution in [0, 0.1) is 5.92 Å². The molecule has 8 nitrogen and oxygen atoms in total. The van der Waals surface area contributed by atoms with Gasteiger partial charge in [-0.2, -0.15) is 0 Å². The summed E-state index contributed by atoms with van der Waals surface area (Å²) >= 11 is 0. The molecule has 1 aromatic carbocycles. The highest BCUT2D eigenvalue weighted by Gasteiger charge is 2.23. The maximum Gasteiger partial charge on any atom is 0.307 e. The average molecular weight is 406 g/mol. The van der Waals surface area contributed by atoms with Gasteiger partial charge in [-0.25, -0.2) is 0 Å². The Morgan fingerprint density at radius 2 is 1.76 bits per heavy atom. The van der Waals surface area contributed by atoms with E-state index in [0.29, 0.717) is 17.1 Å². The summed E-state index contributed by atoms with van der Waals surface area (Å²) in [5, 5.41) is 5.67. The van der Waals surface area contributed by atoms with Gasteiger partial charge >= 0.3 is 5.97 Å². The highest BCUT2D eigenvalue weighted by molar-refractivity contribution is 5.81. The summed E-state index contributed by atoms with van der Waals surface area (Å²) in [5.41, 5.74) is 0.691. The second-order valence-electron chi connectivity index (χ2n) is 7.04. The van der Waals surface area contributed by atoms with Crippen LogP contribution in [0.5, 0.6) is 11.5 Å². The summed E-state index contributed by atoms with van der Waals surface area (Å²) in [5.74, 6) is 0.421. The SMILES string of the molecule is COC(=O)CC(NC(=O)CCNC(=O)C1CCCC1)c1ccc(OC)c(OC)c1. The highest BCUT2D eigenvalue weighted by Crippen LogP contribution is 2.31. The topological polar surface area (TPSA) is 103 Å². The molecule has 1 atom stereocenters. The van der Waals surface area contributed by atoms with Crippen LogP contribution in [0.1, 0.15) is 50.1 Å². The van der Waals surface area contributed by atoms with E-state index in [1.54, 1.807) is 18.2 Å². The maximum absolute atomic E-state index is 12.4. The molecule has 1 fully saturated rings.